The Bertz CT molecular complexity index is 1020. The highest BCUT2D eigenvalue weighted by Crippen LogP contribution is 2.29. The van der Waals surface area contributed by atoms with Gasteiger partial charge in [0.05, 0.1) is 0 Å². The van der Waals surface area contributed by atoms with Crippen LogP contribution in [0, 0.1) is 12.8 Å². The standard InChI is InChI=1S/C27H33N3O2/c1-18(2)26-27(32)28-20(4)16-22-17-23(14-15-24(22)30(26)5)29-25(31)9-7-6-8-21-12-10-19(3)11-13-21/h6-15,17-18,20,26H,16H2,1-5H3,(H,28,32)(H,29,31)/b8-6+,9-7+/t20?,26-/m0/s1. The zero-order valence-electron chi connectivity index (χ0n) is 19.6. The number of amides is 2. The highest BCUT2D eigenvalue weighted by atomic mass is 16.2. The van der Waals surface area contributed by atoms with Crippen molar-refractivity contribution in [2.24, 2.45) is 5.92 Å². The molecule has 2 aromatic carbocycles. The molecule has 0 saturated heterocycles. The van der Waals surface area contributed by atoms with Gasteiger partial charge in [0, 0.05) is 30.5 Å². The molecule has 0 bridgehead atoms. The molecule has 0 radical (unpaired) electrons. The van der Waals surface area contributed by atoms with Crippen molar-refractivity contribution in [2.75, 3.05) is 17.3 Å². The van der Waals surface area contributed by atoms with Gasteiger partial charge >= 0.3 is 0 Å². The van der Waals surface area contributed by atoms with Gasteiger partial charge in [-0.05, 0) is 55.5 Å². The molecule has 1 unspecified atom stereocenters. The molecule has 0 aromatic heterocycles. The number of rotatable bonds is 5. The van der Waals surface area contributed by atoms with Crippen LogP contribution in [0.2, 0.25) is 0 Å². The van der Waals surface area contributed by atoms with E-state index in [1.807, 2.05) is 61.4 Å². The van der Waals surface area contributed by atoms with E-state index in [2.05, 4.69) is 43.5 Å². The highest BCUT2D eigenvalue weighted by molar-refractivity contribution is 5.99. The van der Waals surface area contributed by atoms with E-state index in [4.69, 9.17) is 0 Å². The number of carbonyl (C=O) groups is 2. The average Bonchev–Trinajstić information content (AvgIpc) is 2.71. The maximum absolute atomic E-state index is 12.7. The van der Waals surface area contributed by atoms with Crippen LogP contribution in [0.1, 0.15) is 37.5 Å². The number of benzene rings is 2. The number of hydrogen-bond acceptors (Lipinski definition) is 3. The summed E-state index contributed by atoms with van der Waals surface area (Å²) in [5, 5.41) is 6.05. The molecule has 2 N–H and O–H groups in total. The number of nitrogens with zero attached hydrogens (tertiary/aromatic N) is 1. The first-order chi connectivity index (χ1) is 15.2. The summed E-state index contributed by atoms with van der Waals surface area (Å²) in [4.78, 5) is 27.1. The van der Waals surface area contributed by atoms with E-state index in [1.165, 1.54) is 11.6 Å². The van der Waals surface area contributed by atoms with Gasteiger partial charge in [0.15, 0.2) is 0 Å². The van der Waals surface area contributed by atoms with E-state index < -0.39 is 0 Å². The maximum atomic E-state index is 12.7. The fraction of sp³-hybridized carbons (Fsp3) is 0.333. The Hall–Kier alpha value is -3.34. The monoisotopic (exact) mass is 431 g/mol. The minimum Gasteiger partial charge on any atom is -0.362 e. The molecule has 2 atom stereocenters. The highest BCUT2D eigenvalue weighted by Gasteiger charge is 2.31. The quantitative estimate of drug-likeness (QED) is 0.532. The first-order valence-corrected chi connectivity index (χ1v) is 11.1. The molecule has 3 rings (SSSR count). The lowest BCUT2D eigenvalue weighted by Crippen LogP contribution is -2.52. The van der Waals surface area contributed by atoms with Gasteiger partial charge in [-0.3, -0.25) is 9.59 Å². The van der Waals surface area contributed by atoms with E-state index >= 15 is 0 Å². The Morgan fingerprint density at radius 3 is 2.56 bits per heavy atom. The SMILES string of the molecule is Cc1ccc(/C=C/C=C/C(=O)Nc2ccc3c(c2)CC(C)NC(=O)[C@H](C(C)C)N3C)cc1. The Morgan fingerprint density at radius 1 is 1.16 bits per heavy atom. The van der Waals surface area contributed by atoms with Crippen molar-refractivity contribution in [2.45, 2.75) is 46.2 Å². The summed E-state index contributed by atoms with van der Waals surface area (Å²) in [7, 11) is 1.96. The van der Waals surface area contributed by atoms with Gasteiger partial charge in [0.1, 0.15) is 6.04 Å². The molecular weight excluding hydrogens is 398 g/mol. The molecule has 5 heteroatoms. The number of nitrogens with one attached hydrogen (secondary N) is 2. The second kappa shape index (κ2) is 10.3. The molecule has 1 aliphatic rings. The molecule has 32 heavy (non-hydrogen) atoms. The van der Waals surface area contributed by atoms with Crippen LogP contribution in [0.4, 0.5) is 11.4 Å². The van der Waals surface area contributed by atoms with Gasteiger partial charge in [0.2, 0.25) is 11.8 Å². The summed E-state index contributed by atoms with van der Waals surface area (Å²) in [6, 6.07) is 13.9. The first kappa shape index (κ1) is 23.3. The Kier molecular flexibility index (Phi) is 7.52. The van der Waals surface area contributed by atoms with E-state index in [0.29, 0.717) is 6.42 Å². The lowest BCUT2D eigenvalue weighted by Gasteiger charge is -2.36. The summed E-state index contributed by atoms with van der Waals surface area (Å²) >= 11 is 0. The molecule has 5 nitrogen and oxygen atoms in total. The number of aryl methyl sites for hydroxylation is 1. The van der Waals surface area contributed by atoms with Crippen molar-refractivity contribution in [3.8, 4) is 0 Å². The molecule has 0 aliphatic carbocycles. The zero-order valence-corrected chi connectivity index (χ0v) is 19.6. The van der Waals surface area contributed by atoms with Crippen molar-refractivity contribution in [1.82, 2.24) is 5.32 Å². The molecule has 2 amide bonds. The molecule has 1 heterocycles. The second-order valence-corrected chi connectivity index (χ2v) is 8.88. The fourth-order valence-electron chi connectivity index (χ4n) is 4.13. The number of allylic oxidation sites excluding steroid dienone is 2. The van der Waals surface area contributed by atoms with E-state index in [0.717, 1.165) is 22.5 Å². The number of hydrogen-bond donors (Lipinski definition) is 2. The summed E-state index contributed by atoms with van der Waals surface area (Å²) in [5.41, 5.74) is 5.18. The van der Waals surface area contributed by atoms with Crippen molar-refractivity contribution >= 4 is 29.3 Å². The van der Waals surface area contributed by atoms with Crippen LogP contribution < -0.4 is 15.5 Å². The van der Waals surface area contributed by atoms with Crippen molar-refractivity contribution < 1.29 is 9.59 Å². The molecule has 168 valence electrons. The van der Waals surface area contributed by atoms with Gasteiger partial charge in [0.25, 0.3) is 0 Å². The molecule has 1 aliphatic heterocycles. The number of likely N-dealkylation sites (N-methyl/N-ethyl adjacent to an activating group) is 1. The smallest absolute Gasteiger partial charge is 0.248 e. The first-order valence-electron chi connectivity index (χ1n) is 11.1. The number of anilines is 2. The predicted molar refractivity (Wildman–Crippen MR) is 133 cm³/mol. The number of carbonyl (C=O) groups excluding carboxylic acids is 2. The van der Waals surface area contributed by atoms with E-state index in [-0.39, 0.29) is 29.8 Å². The van der Waals surface area contributed by atoms with Crippen LogP contribution >= 0.6 is 0 Å². The Morgan fingerprint density at radius 2 is 1.88 bits per heavy atom. The second-order valence-electron chi connectivity index (χ2n) is 8.88. The molecule has 2 aromatic rings. The van der Waals surface area contributed by atoms with Gasteiger partial charge < -0.3 is 15.5 Å². The minimum absolute atomic E-state index is 0.0222. The maximum Gasteiger partial charge on any atom is 0.248 e. The Labute approximate surface area is 191 Å². The topological polar surface area (TPSA) is 61.4 Å². The van der Waals surface area contributed by atoms with E-state index in [1.54, 1.807) is 6.08 Å². The third-order valence-electron chi connectivity index (χ3n) is 5.68. The predicted octanol–water partition coefficient (Wildman–Crippen LogP) is 4.72. The van der Waals surface area contributed by atoms with Gasteiger partial charge in [-0.2, -0.15) is 0 Å². The third-order valence-corrected chi connectivity index (χ3v) is 5.68. The summed E-state index contributed by atoms with van der Waals surface area (Å²) in [6.45, 7) is 8.18. The molecule has 0 saturated carbocycles. The normalized spacial score (nSPS) is 19.1. The molecule has 0 spiro atoms. The summed E-state index contributed by atoms with van der Waals surface area (Å²) in [6.07, 6.45) is 7.78. The summed E-state index contributed by atoms with van der Waals surface area (Å²) < 4.78 is 0. The fourth-order valence-corrected chi connectivity index (χ4v) is 4.13. The third kappa shape index (κ3) is 5.88. The zero-order chi connectivity index (χ0) is 23.3. The number of fused-ring (bicyclic) bond motifs is 1. The van der Waals surface area contributed by atoms with Gasteiger partial charge in [-0.1, -0.05) is 61.9 Å². The average molecular weight is 432 g/mol. The Balaban J connectivity index is 1.71. The minimum atomic E-state index is -0.236. The van der Waals surface area contributed by atoms with Crippen LogP contribution in [-0.4, -0.2) is 30.9 Å². The van der Waals surface area contributed by atoms with Gasteiger partial charge in [-0.15, -0.1) is 0 Å². The lowest BCUT2D eigenvalue weighted by molar-refractivity contribution is -0.124. The summed E-state index contributed by atoms with van der Waals surface area (Å²) in [5.74, 6) is 0.0524. The van der Waals surface area contributed by atoms with Crippen LogP contribution in [0.3, 0.4) is 0 Å². The van der Waals surface area contributed by atoms with Crippen molar-refractivity contribution in [1.29, 1.82) is 0 Å². The van der Waals surface area contributed by atoms with Crippen LogP contribution in [0.25, 0.3) is 6.08 Å². The van der Waals surface area contributed by atoms with Crippen LogP contribution in [0.5, 0.6) is 0 Å². The van der Waals surface area contributed by atoms with Gasteiger partial charge in [-0.25, -0.2) is 0 Å². The van der Waals surface area contributed by atoms with Crippen molar-refractivity contribution in [3.63, 3.8) is 0 Å². The lowest BCUT2D eigenvalue weighted by atomic mass is 9.95. The van der Waals surface area contributed by atoms with E-state index in [9.17, 15) is 9.59 Å². The van der Waals surface area contributed by atoms with Crippen LogP contribution in [-0.2, 0) is 16.0 Å². The van der Waals surface area contributed by atoms with Crippen LogP contribution in [0.15, 0.2) is 60.7 Å². The largest absolute Gasteiger partial charge is 0.362 e. The molecular formula is C27H33N3O2. The van der Waals surface area contributed by atoms with Crippen molar-refractivity contribution in [3.05, 3.63) is 77.4 Å². The molecule has 0 fully saturated rings.